The number of nitrogens with zero attached hydrogens (tertiary/aromatic N) is 1. The van der Waals surface area contributed by atoms with Crippen LogP contribution in [0.25, 0.3) is 0 Å². The summed E-state index contributed by atoms with van der Waals surface area (Å²) < 4.78 is 42.1. The molecule has 0 aromatic carbocycles. The first-order valence-corrected chi connectivity index (χ1v) is 4.55. The van der Waals surface area contributed by atoms with Crippen molar-refractivity contribution in [1.29, 1.82) is 0 Å². The summed E-state index contributed by atoms with van der Waals surface area (Å²) in [5, 5.41) is 0. The van der Waals surface area contributed by atoms with Gasteiger partial charge in [0.1, 0.15) is 0 Å². The van der Waals surface area contributed by atoms with Crippen LogP contribution < -0.4 is 0 Å². The SMILES string of the molecule is CCc1ccnc(C(F)(F)F)c1C(=O)OC. The molecule has 0 aliphatic rings. The van der Waals surface area contributed by atoms with E-state index >= 15 is 0 Å². The number of pyridine rings is 1. The first-order valence-electron chi connectivity index (χ1n) is 4.55. The lowest BCUT2D eigenvalue weighted by Gasteiger charge is -2.13. The number of alkyl halides is 3. The molecule has 0 fully saturated rings. The molecule has 3 nitrogen and oxygen atoms in total. The molecule has 0 radical (unpaired) electrons. The number of rotatable bonds is 2. The number of carbonyl (C=O) groups is 1. The minimum Gasteiger partial charge on any atom is -0.465 e. The van der Waals surface area contributed by atoms with Crippen LogP contribution in [0.3, 0.4) is 0 Å². The molecule has 16 heavy (non-hydrogen) atoms. The van der Waals surface area contributed by atoms with Crippen molar-refractivity contribution in [2.75, 3.05) is 7.11 Å². The lowest BCUT2D eigenvalue weighted by atomic mass is 10.0. The van der Waals surface area contributed by atoms with E-state index < -0.39 is 23.4 Å². The highest BCUT2D eigenvalue weighted by atomic mass is 19.4. The molecule has 1 heterocycles. The fourth-order valence-corrected chi connectivity index (χ4v) is 1.34. The second-order valence-corrected chi connectivity index (χ2v) is 3.04. The Morgan fingerprint density at radius 2 is 2.12 bits per heavy atom. The van der Waals surface area contributed by atoms with Gasteiger partial charge in [0.15, 0.2) is 5.69 Å². The maximum absolute atomic E-state index is 12.6. The van der Waals surface area contributed by atoms with Gasteiger partial charge >= 0.3 is 12.1 Å². The lowest BCUT2D eigenvalue weighted by Crippen LogP contribution is -2.18. The van der Waals surface area contributed by atoms with Gasteiger partial charge in [-0.05, 0) is 18.1 Å². The molecule has 0 spiro atoms. The molecule has 0 atom stereocenters. The highest BCUT2D eigenvalue weighted by Crippen LogP contribution is 2.32. The van der Waals surface area contributed by atoms with Crippen molar-refractivity contribution in [3.8, 4) is 0 Å². The molecule has 88 valence electrons. The van der Waals surface area contributed by atoms with E-state index in [1.807, 2.05) is 0 Å². The van der Waals surface area contributed by atoms with Gasteiger partial charge < -0.3 is 4.74 Å². The number of methoxy groups -OCH3 is 1. The molecule has 0 unspecified atom stereocenters. The molecule has 1 aromatic rings. The van der Waals surface area contributed by atoms with Gasteiger partial charge in [-0.15, -0.1) is 0 Å². The maximum atomic E-state index is 12.6. The highest BCUT2D eigenvalue weighted by molar-refractivity contribution is 5.92. The molecular formula is C10H10F3NO2. The highest BCUT2D eigenvalue weighted by Gasteiger charge is 2.38. The summed E-state index contributed by atoms with van der Waals surface area (Å²) in [5.74, 6) is -1.02. The average molecular weight is 233 g/mol. The zero-order valence-electron chi connectivity index (χ0n) is 8.76. The van der Waals surface area contributed by atoms with Crippen molar-refractivity contribution in [3.05, 3.63) is 29.1 Å². The van der Waals surface area contributed by atoms with E-state index in [-0.39, 0.29) is 5.56 Å². The second-order valence-electron chi connectivity index (χ2n) is 3.04. The summed E-state index contributed by atoms with van der Waals surface area (Å²) in [6, 6.07) is 1.38. The van der Waals surface area contributed by atoms with Gasteiger partial charge in [0.2, 0.25) is 0 Å². The summed E-state index contributed by atoms with van der Waals surface area (Å²) in [6.07, 6.45) is -3.32. The lowest BCUT2D eigenvalue weighted by molar-refractivity contribution is -0.141. The summed E-state index contributed by atoms with van der Waals surface area (Å²) in [7, 11) is 1.04. The van der Waals surface area contributed by atoms with E-state index in [9.17, 15) is 18.0 Å². The molecule has 1 rings (SSSR count). The Morgan fingerprint density at radius 1 is 1.50 bits per heavy atom. The van der Waals surface area contributed by atoms with E-state index in [4.69, 9.17) is 0 Å². The number of halogens is 3. The topological polar surface area (TPSA) is 39.2 Å². The van der Waals surface area contributed by atoms with Crippen molar-refractivity contribution >= 4 is 5.97 Å². The molecule has 0 aliphatic heterocycles. The third-order valence-electron chi connectivity index (χ3n) is 2.08. The third-order valence-corrected chi connectivity index (χ3v) is 2.08. The van der Waals surface area contributed by atoms with Crippen molar-refractivity contribution in [3.63, 3.8) is 0 Å². The number of ether oxygens (including phenoxy) is 1. The molecule has 0 aliphatic carbocycles. The fourth-order valence-electron chi connectivity index (χ4n) is 1.34. The van der Waals surface area contributed by atoms with Crippen molar-refractivity contribution < 1.29 is 22.7 Å². The Labute approximate surface area is 90.2 Å². The molecule has 0 N–H and O–H groups in total. The van der Waals surface area contributed by atoms with Crippen LogP contribution in [0.2, 0.25) is 0 Å². The minimum atomic E-state index is -4.66. The van der Waals surface area contributed by atoms with Crippen LogP contribution in [0.15, 0.2) is 12.3 Å². The number of esters is 1. The maximum Gasteiger partial charge on any atom is 0.434 e. The summed E-state index contributed by atoms with van der Waals surface area (Å²) in [4.78, 5) is 14.5. The van der Waals surface area contributed by atoms with E-state index in [2.05, 4.69) is 9.72 Å². The van der Waals surface area contributed by atoms with Crippen LogP contribution in [0.4, 0.5) is 13.2 Å². The minimum absolute atomic E-state index is 0.272. The number of hydrogen-bond donors (Lipinski definition) is 0. The van der Waals surface area contributed by atoms with Crippen molar-refractivity contribution in [2.45, 2.75) is 19.5 Å². The third kappa shape index (κ3) is 2.32. The molecular weight excluding hydrogens is 223 g/mol. The largest absolute Gasteiger partial charge is 0.465 e. The van der Waals surface area contributed by atoms with Gasteiger partial charge in [-0.3, -0.25) is 4.98 Å². The van der Waals surface area contributed by atoms with Crippen LogP contribution in [0, 0.1) is 0 Å². The zero-order valence-corrected chi connectivity index (χ0v) is 8.76. The predicted molar refractivity (Wildman–Crippen MR) is 50.0 cm³/mol. The van der Waals surface area contributed by atoms with E-state index in [1.165, 1.54) is 6.07 Å². The van der Waals surface area contributed by atoms with Crippen LogP contribution >= 0.6 is 0 Å². The number of hydrogen-bond acceptors (Lipinski definition) is 3. The standard InChI is InChI=1S/C10H10F3NO2/c1-3-6-4-5-14-8(10(11,12)13)7(6)9(15)16-2/h4-5H,3H2,1-2H3. The average Bonchev–Trinajstić information content (AvgIpc) is 2.25. The normalized spacial score (nSPS) is 11.3. The van der Waals surface area contributed by atoms with E-state index in [1.54, 1.807) is 6.92 Å². The Morgan fingerprint density at radius 3 is 2.56 bits per heavy atom. The van der Waals surface area contributed by atoms with Crippen LogP contribution in [0.1, 0.15) is 28.5 Å². The van der Waals surface area contributed by atoms with Gasteiger partial charge in [0.25, 0.3) is 0 Å². The van der Waals surface area contributed by atoms with Gasteiger partial charge in [-0.2, -0.15) is 13.2 Å². The molecule has 0 bridgehead atoms. The first-order chi connectivity index (χ1) is 7.41. The summed E-state index contributed by atoms with van der Waals surface area (Å²) in [5.41, 5.74) is -1.42. The van der Waals surface area contributed by atoms with Crippen LogP contribution in [-0.4, -0.2) is 18.1 Å². The van der Waals surface area contributed by atoms with Gasteiger partial charge in [0, 0.05) is 6.20 Å². The Hall–Kier alpha value is -1.59. The van der Waals surface area contributed by atoms with Gasteiger partial charge in [0.05, 0.1) is 12.7 Å². The Balaban J connectivity index is 3.44. The Kier molecular flexibility index (Phi) is 3.51. The van der Waals surface area contributed by atoms with Crippen LogP contribution in [-0.2, 0) is 17.3 Å². The summed E-state index contributed by atoms with van der Waals surface area (Å²) >= 11 is 0. The van der Waals surface area contributed by atoms with E-state index in [0.717, 1.165) is 13.3 Å². The quantitative estimate of drug-likeness (QED) is 0.736. The molecule has 6 heteroatoms. The molecule has 1 aromatic heterocycles. The molecule has 0 saturated heterocycles. The molecule has 0 saturated carbocycles. The van der Waals surface area contributed by atoms with Gasteiger partial charge in [-0.25, -0.2) is 4.79 Å². The number of carbonyl (C=O) groups excluding carboxylic acids is 1. The van der Waals surface area contributed by atoms with Crippen LogP contribution in [0.5, 0.6) is 0 Å². The Bertz CT molecular complexity index is 402. The summed E-state index contributed by atoms with van der Waals surface area (Å²) in [6.45, 7) is 1.65. The second kappa shape index (κ2) is 4.51. The fraction of sp³-hybridized carbons (Fsp3) is 0.400. The number of aryl methyl sites for hydroxylation is 1. The van der Waals surface area contributed by atoms with E-state index in [0.29, 0.717) is 6.42 Å². The smallest absolute Gasteiger partial charge is 0.434 e. The first kappa shape index (κ1) is 12.5. The number of aromatic nitrogens is 1. The molecule has 0 amide bonds. The zero-order chi connectivity index (χ0) is 12.3. The monoisotopic (exact) mass is 233 g/mol. The predicted octanol–water partition coefficient (Wildman–Crippen LogP) is 2.45. The van der Waals surface area contributed by atoms with Crippen molar-refractivity contribution in [2.24, 2.45) is 0 Å². The van der Waals surface area contributed by atoms with Gasteiger partial charge in [-0.1, -0.05) is 6.92 Å². The van der Waals surface area contributed by atoms with Crippen molar-refractivity contribution in [1.82, 2.24) is 4.98 Å².